The molecule has 0 unspecified atom stereocenters. The molecular weight excluding hydrogens is 649 g/mol. The van der Waals surface area contributed by atoms with Crippen LogP contribution in [0.4, 0.5) is 0 Å². The van der Waals surface area contributed by atoms with Crippen LogP contribution in [-0.4, -0.2) is 19.9 Å². The van der Waals surface area contributed by atoms with Crippen molar-refractivity contribution in [2.45, 2.75) is 0 Å². The zero-order valence-electron chi connectivity index (χ0n) is 26.6. The molecule has 4 heterocycles. The second-order valence-electron chi connectivity index (χ2n) is 12.2. The van der Waals surface area contributed by atoms with Gasteiger partial charge < -0.3 is 0 Å². The summed E-state index contributed by atoms with van der Waals surface area (Å²) in [7, 11) is 0. The lowest BCUT2D eigenvalue weighted by Crippen LogP contribution is -1.97. The van der Waals surface area contributed by atoms with Crippen LogP contribution in [0.2, 0.25) is 0 Å². The molecule has 234 valence electrons. The van der Waals surface area contributed by atoms with E-state index in [0.717, 1.165) is 71.3 Å². The van der Waals surface area contributed by atoms with Crippen LogP contribution >= 0.6 is 22.7 Å². The van der Waals surface area contributed by atoms with E-state index in [-0.39, 0.29) is 0 Å². The number of benzene rings is 6. The molecule has 6 aromatic carbocycles. The van der Waals surface area contributed by atoms with Crippen LogP contribution in [0.5, 0.6) is 0 Å². The van der Waals surface area contributed by atoms with Crippen molar-refractivity contribution in [3.05, 3.63) is 158 Å². The fourth-order valence-electron chi connectivity index (χ4n) is 6.82. The fraction of sp³-hybridized carbons (Fsp3) is 0. The third kappa shape index (κ3) is 4.80. The summed E-state index contributed by atoms with van der Waals surface area (Å²) in [6.07, 6.45) is 0. The molecule has 0 saturated carbocycles. The Bertz CT molecular complexity index is 2800. The molecule has 0 saturated heterocycles. The quantitative estimate of drug-likeness (QED) is 0.182. The Morgan fingerprint density at radius 2 is 0.880 bits per heavy atom. The number of aromatic nitrogens is 4. The van der Waals surface area contributed by atoms with E-state index in [4.69, 9.17) is 19.9 Å². The van der Waals surface area contributed by atoms with Gasteiger partial charge in [-0.2, -0.15) is 0 Å². The predicted molar refractivity (Wildman–Crippen MR) is 211 cm³/mol. The van der Waals surface area contributed by atoms with Crippen molar-refractivity contribution >= 4 is 63.1 Å². The van der Waals surface area contributed by atoms with E-state index < -0.39 is 0 Å². The second-order valence-corrected chi connectivity index (χ2v) is 14.3. The Morgan fingerprint density at radius 1 is 0.380 bits per heavy atom. The van der Waals surface area contributed by atoms with Crippen LogP contribution in [-0.2, 0) is 0 Å². The van der Waals surface area contributed by atoms with E-state index in [1.165, 1.54) is 14.1 Å². The van der Waals surface area contributed by atoms with E-state index in [2.05, 4.69) is 140 Å². The number of nitrogens with zero attached hydrogens (tertiary/aromatic N) is 4. The van der Waals surface area contributed by atoms with Gasteiger partial charge >= 0.3 is 0 Å². The molecule has 6 heteroatoms. The van der Waals surface area contributed by atoms with Gasteiger partial charge in [0.1, 0.15) is 0 Å². The first-order valence-electron chi connectivity index (χ1n) is 16.5. The lowest BCUT2D eigenvalue weighted by atomic mass is 10.00. The Labute approximate surface area is 296 Å². The van der Waals surface area contributed by atoms with Crippen molar-refractivity contribution in [1.82, 2.24) is 19.9 Å². The summed E-state index contributed by atoms with van der Waals surface area (Å²) in [5, 5.41) is 3.39. The predicted octanol–water partition coefficient (Wildman–Crippen LogP) is 12.3. The molecule has 10 aromatic rings. The van der Waals surface area contributed by atoms with E-state index in [0.29, 0.717) is 11.6 Å². The highest BCUT2D eigenvalue weighted by molar-refractivity contribution is 7.26. The average molecular weight is 675 g/mol. The topological polar surface area (TPSA) is 51.6 Å². The Hall–Kier alpha value is -6.08. The molecule has 0 bridgehead atoms. The summed E-state index contributed by atoms with van der Waals surface area (Å²) in [6, 6.07) is 54.7. The van der Waals surface area contributed by atoms with Gasteiger partial charge in [-0.25, -0.2) is 19.9 Å². The lowest BCUT2D eigenvalue weighted by molar-refractivity contribution is 1.19. The molecule has 0 aliphatic carbocycles. The number of hydrogen-bond acceptors (Lipinski definition) is 6. The van der Waals surface area contributed by atoms with Gasteiger partial charge in [0.2, 0.25) is 0 Å². The van der Waals surface area contributed by atoms with Crippen LogP contribution in [0.3, 0.4) is 0 Å². The van der Waals surface area contributed by atoms with E-state index in [1.807, 2.05) is 18.2 Å². The van der Waals surface area contributed by atoms with E-state index in [9.17, 15) is 0 Å². The maximum atomic E-state index is 5.36. The standard InChI is InChI=1S/C44H26N4S2/c1-4-14-27(15-5-1)33-26-34(28-16-6-2-7-17-28)46-43(45-33)31-21-12-24-36-38(31)39-32(22-13-25-37(39)49-36)44-47-40(29-18-8-3-9-19-29)42-41(48-44)30-20-10-11-23-35(30)50-42/h1-26H. The summed E-state index contributed by atoms with van der Waals surface area (Å²) >= 11 is 3.53. The minimum absolute atomic E-state index is 0.690. The smallest absolute Gasteiger partial charge is 0.161 e. The monoisotopic (exact) mass is 674 g/mol. The summed E-state index contributed by atoms with van der Waals surface area (Å²) in [4.78, 5) is 21.1. The average Bonchev–Trinajstić information content (AvgIpc) is 3.77. The van der Waals surface area contributed by atoms with Crippen molar-refractivity contribution in [3.8, 4) is 56.5 Å². The van der Waals surface area contributed by atoms with Gasteiger partial charge in [-0.05, 0) is 24.3 Å². The van der Waals surface area contributed by atoms with Crippen molar-refractivity contribution in [2.24, 2.45) is 0 Å². The van der Waals surface area contributed by atoms with Crippen LogP contribution in [0, 0.1) is 0 Å². The SMILES string of the molecule is c1ccc(-c2cc(-c3ccccc3)nc(-c3cccc4sc5cccc(-c6nc(-c7ccccc7)c7sc8ccccc8c7n6)c5c34)n2)cc1. The van der Waals surface area contributed by atoms with Crippen LogP contribution in [0.15, 0.2) is 158 Å². The van der Waals surface area contributed by atoms with Crippen molar-refractivity contribution < 1.29 is 0 Å². The second kappa shape index (κ2) is 11.8. The molecular formula is C44H26N4S2. The number of fused-ring (bicyclic) bond motifs is 6. The van der Waals surface area contributed by atoms with Crippen LogP contribution < -0.4 is 0 Å². The van der Waals surface area contributed by atoms with Gasteiger partial charge in [-0.15, -0.1) is 22.7 Å². The van der Waals surface area contributed by atoms with Gasteiger partial charge in [-0.3, -0.25) is 0 Å². The molecule has 0 atom stereocenters. The molecule has 0 aliphatic rings. The van der Waals surface area contributed by atoms with Crippen molar-refractivity contribution in [3.63, 3.8) is 0 Å². The van der Waals surface area contributed by atoms with Gasteiger partial charge in [-0.1, -0.05) is 133 Å². The van der Waals surface area contributed by atoms with E-state index in [1.54, 1.807) is 22.7 Å². The fourth-order valence-corrected chi connectivity index (χ4v) is 9.14. The van der Waals surface area contributed by atoms with Crippen molar-refractivity contribution in [1.29, 1.82) is 0 Å². The minimum Gasteiger partial charge on any atom is -0.228 e. The van der Waals surface area contributed by atoms with Crippen LogP contribution in [0.1, 0.15) is 0 Å². The first-order valence-corrected chi connectivity index (χ1v) is 18.1. The normalized spacial score (nSPS) is 11.6. The molecule has 4 aromatic heterocycles. The molecule has 0 spiro atoms. The van der Waals surface area contributed by atoms with Gasteiger partial charge in [0.05, 0.1) is 27.3 Å². The summed E-state index contributed by atoms with van der Waals surface area (Å²) < 4.78 is 4.65. The van der Waals surface area contributed by atoms with Crippen LogP contribution in [0.25, 0.3) is 97.0 Å². The molecule has 10 rings (SSSR count). The molecule has 50 heavy (non-hydrogen) atoms. The summed E-state index contributed by atoms with van der Waals surface area (Å²) in [5.74, 6) is 1.40. The third-order valence-electron chi connectivity index (χ3n) is 9.14. The zero-order chi connectivity index (χ0) is 33.0. The maximum absolute atomic E-state index is 5.36. The maximum Gasteiger partial charge on any atom is 0.161 e. The number of rotatable bonds is 5. The minimum atomic E-state index is 0.690. The lowest BCUT2D eigenvalue weighted by Gasteiger charge is -2.12. The highest BCUT2D eigenvalue weighted by Gasteiger charge is 2.21. The molecule has 0 aliphatic heterocycles. The number of thiophene rings is 2. The molecule has 0 radical (unpaired) electrons. The summed E-state index contributed by atoms with van der Waals surface area (Å²) in [5.41, 5.74) is 8.88. The highest BCUT2D eigenvalue weighted by atomic mass is 32.1. The molecule has 4 nitrogen and oxygen atoms in total. The molecule has 0 amide bonds. The van der Waals surface area contributed by atoms with Gasteiger partial charge in [0.15, 0.2) is 11.6 Å². The van der Waals surface area contributed by atoms with Crippen molar-refractivity contribution in [2.75, 3.05) is 0 Å². The Kier molecular flexibility index (Phi) is 6.82. The Balaban J connectivity index is 1.26. The summed E-state index contributed by atoms with van der Waals surface area (Å²) in [6.45, 7) is 0. The highest BCUT2D eigenvalue weighted by Crippen LogP contribution is 2.45. The van der Waals surface area contributed by atoms with E-state index >= 15 is 0 Å². The Morgan fingerprint density at radius 3 is 1.48 bits per heavy atom. The van der Waals surface area contributed by atoms with Gasteiger partial charge in [0.25, 0.3) is 0 Å². The first kappa shape index (κ1) is 28.9. The largest absolute Gasteiger partial charge is 0.228 e. The third-order valence-corrected chi connectivity index (χ3v) is 11.4. The van der Waals surface area contributed by atoms with Gasteiger partial charge in [0, 0.05) is 58.1 Å². The molecule has 0 fully saturated rings. The zero-order valence-corrected chi connectivity index (χ0v) is 28.2. The molecule has 0 N–H and O–H groups in total. The first-order chi connectivity index (χ1) is 24.8. The number of hydrogen-bond donors (Lipinski definition) is 0.